The minimum Gasteiger partial charge on any atom is -0.437 e. The van der Waals surface area contributed by atoms with Crippen molar-refractivity contribution in [2.45, 2.75) is 26.7 Å². The van der Waals surface area contributed by atoms with Crippen molar-refractivity contribution in [3.8, 4) is 0 Å². The topological polar surface area (TPSA) is 55.8 Å². The highest BCUT2D eigenvalue weighted by Crippen LogP contribution is 2.43. The molecule has 0 aromatic heterocycles. The first-order valence-electron chi connectivity index (χ1n) is 7.56. The number of methoxy groups -OCH3 is 1. The van der Waals surface area contributed by atoms with Gasteiger partial charge in [0.15, 0.2) is 5.78 Å². The van der Waals surface area contributed by atoms with Crippen molar-refractivity contribution in [2.75, 3.05) is 14.2 Å². The molecule has 0 N–H and O–H groups in total. The zero-order valence-electron chi connectivity index (χ0n) is 14.6. The number of hydrogen-bond acceptors (Lipinski definition) is 5. The van der Waals surface area contributed by atoms with Gasteiger partial charge in [0, 0.05) is 18.3 Å². The van der Waals surface area contributed by atoms with Crippen LogP contribution in [0, 0.1) is 0 Å². The first-order valence-corrected chi connectivity index (χ1v) is 8.31. The summed E-state index contributed by atoms with van der Waals surface area (Å²) in [7, 11) is 3.03. The van der Waals surface area contributed by atoms with E-state index in [-0.39, 0.29) is 5.78 Å². The third kappa shape index (κ3) is 3.67. The molecule has 1 unspecified atom stereocenters. The van der Waals surface area contributed by atoms with Gasteiger partial charge in [-0.25, -0.2) is 4.79 Å². The van der Waals surface area contributed by atoms with Gasteiger partial charge in [-0.15, -0.1) is 0 Å². The van der Waals surface area contributed by atoms with E-state index in [0.29, 0.717) is 32.6 Å². The Morgan fingerprint density at radius 2 is 1.76 bits per heavy atom. The minimum absolute atomic E-state index is 0.126. The molecule has 134 valence electrons. The van der Waals surface area contributed by atoms with Crippen LogP contribution in [0.1, 0.15) is 32.3 Å². The Kier molecular flexibility index (Phi) is 5.80. The fourth-order valence-electron chi connectivity index (χ4n) is 2.88. The number of hydrogen-bond donors (Lipinski definition) is 0. The molecule has 1 heterocycles. The number of halogens is 2. The van der Waals surface area contributed by atoms with E-state index in [1.165, 1.54) is 14.0 Å². The number of allylic oxidation sites excluding steroid dienone is 3. The van der Waals surface area contributed by atoms with Crippen molar-refractivity contribution in [3.63, 3.8) is 0 Å². The highest BCUT2D eigenvalue weighted by molar-refractivity contribution is 6.42. The van der Waals surface area contributed by atoms with E-state index in [1.807, 2.05) is 18.7 Å². The molecule has 1 aromatic rings. The molecule has 1 aliphatic heterocycles. The van der Waals surface area contributed by atoms with E-state index in [2.05, 4.69) is 4.74 Å². The maximum absolute atomic E-state index is 12.4. The van der Waals surface area contributed by atoms with E-state index in [1.54, 1.807) is 25.2 Å². The van der Waals surface area contributed by atoms with Crippen LogP contribution < -0.4 is 0 Å². The first-order chi connectivity index (χ1) is 11.7. The first kappa shape index (κ1) is 19.3. The molecule has 0 saturated carbocycles. The number of carbonyl (C=O) groups excluding carboxylic acids is 2. The molecule has 5 nitrogen and oxygen atoms in total. The van der Waals surface area contributed by atoms with Crippen LogP contribution in [0.5, 0.6) is 0 Å². The van der Waals surface area contributed by atoms with Crippen molar-refractivity contribution >= 4 is 35.1 Å². The highest BCUT2D eigenvalue weighted by Gasteiger charge is 2.36. The average Bonchev–Trinajstić information content (AvgIpc) is 2.57. The minimum atomic E-state index is -0.852. The molecule has 0 spiro atoms. The smallest absolute Gasteiger partial charge is 0.437 e. The summed E-state index contributed by atoms with van der Waals surface area (Å²) in [5, 5.41) is 0.758. The van der Waals surface area contributed by atoms with Crippen LogP contribution in [-0.4, -0.2) is 31.0 Å². The summed E-state index contributed by atoms with van der Waals surface area (Å²) < 4.78 is 10.0. The lowest BCUT2D eigenvalue weighted by atomic mass is 9.83. The Bertz CT molecular complexity index is 798. The summed E-state index contributed by atoms with van der Waals surface area (Å²) in [6.07, 6.45) is -0.852. The molecule has 7 heteroatoms. The van der Waals surface area contributed by atoms with Crippen LogP contribution in [0.4, 0.5) is 4.79 Å². The predicted molar refractivity (Wildman–Crippen MR) is 96.5 cm³/mol. The SMILES string of the molecule is COC(=O)OC1=C(C)N(C)C(C)=C(C(C)=O)C1c1ccc(Cl)c(Cl)c1. The highest BCUT2D eigenvalue weighted by atomic mass is 35.5. The second-order valence-electron chi connectivity index (χ2n) is 5.73. The maximum atomic E-state index is 12.4. The summed E-state index contributed by atoms with van der Waals surface area (Å²) in [5.41, 5.74) is 2.69. The number of carbonyl (C=O) groups is 2. The Hall–Kier alpha value is -1.98. The Morgan fingerprint density at radius 1 is 1.12 bits per heavy atom. The van der Waals surface area contributed by atoms with Crippen LogP contribution in [0.3, 0.4) is 0 Å². The number of nitrogens with zero attached hydrogens (tertiary/aromatic N) is 1. The molecule has 0 saturated heterocycles. The quantitative estimate of drug-likeness (QED) is 0.694. The Morgan fingerprint density at radius 3 is 2.28 bits per heavy atom. The van der Waals surface area contributed by atoms with Gasteiger partial charge in [-0.1, -0.05) is 29.3 Å². The molecule has 0 fully saturated rings. The van der Waals surface area contributed by atoms with Gasteiger partial charge >= 0.3 is 6.16 Å². The standard InChI is InChI=1S/C18H19Cl2NO4/c1-9-15(11(3)22)16(12-6-7-13(19)14(20)8-12)17(10(2)21(9)4)25-18(23)24-5/h6-8,16H,1-5H3. The summed E-state index contributed by atoms with van der Waals surface area (Å²) in [4.78, 5) is 25.9. The van der Waals surface area contributed by atoms with Gasteiger partial charge in [0.1, 0.15) is 5.76 Å². The normalized spacial score (nSPS) is 17.7. The molecule has 25 heavy (non-hydrogen) atoms. The Balaban J connectivity index is 2.70. The van der Waals surface area contributed by atoms with Crippen LogP contribution in [-0.2, 0) is 14.3 Å². The fraction of sp³-hybridized carbons (Fsp3) is 0.333. The molecule has 0 aliphatic carbocycles. The predicted octanol–water partition coefficient (Wildman–Crippen LogP) is 4.90. The summed E-state index contributed by atoms with van der Waals surface area (Å²) in [6, 6.07) is 5.08. The van der Waals surface area contributed by atoms with Gasteiger partial charge in [-0.2, -0.15) is 0 Å². The van der Waals surface area contributed by atoms with Gasteiger partial charge in [0.05, 0.1) is 28.8 Å². The van der Waals surface area contributed by atoms with Gasteiger partial charge in [0.2, 0.25) is 0 Å². The third-order valence-electron chi connectivity index (χ3n) is 4.32. The van der Waals surface area contributed by atoms with E-state index >= 15 is 0 Å². The summed E-state index contributed by atoms with van der Waals surface area (Å²) in [5.74, 6) is -0.384. The lowest BCUT2D eigenvalue weighted by molar-refractivity contribution is -0.114. The maximum Gasteiger partial charge on any atom is 0.513 e. The Labute approximate surface area is 156 Å². The van der Waals surface area contributed by atoms with Crippen LogP contribution in [0.15, 0.2) is 40.9 Å². The monoisotopic (exact) mass is 383 g/mol. The molecule has 1 atom stereocenters. The molecular formula is C18H19Cl2NO4. The number of ketones is 1. The van der Waals surface area contributed by atoms with Crippen LogP contribution in [0.25, 0.3) is 0 Å². The van der Waals surface area contributed by atoms with Crippen molar-refractivity contribution in [1.29, 1.82) is 0 Å². The summed E-state index contributed by atoms with van der Waals surface area (Å²) >= 11 is 12.2. The second-order valence-corrected chi connectivity index (χ2v) is 6.54. The van der Waals surface area contributed by atoms with E-state index in [0.717, 1.165) is 5.70 Å². The molecule has 2 rings (SSSR count). The van der Waals surface area contributed by atoms with Crippen LogP contribution >= 0.6 is 23.2 Å². The average molecular weight is 384 g/mol. The summed E-state index contributed by atoms with van der Waals surface area (Å²) in [6.45, 7) is 5.14. The van der Waals surface area contributed by atoms with Crippen molar-refractivity contribution < 1.29 is 19.1 Å². The molecule has 1 aliphatic rings. The number of Topliss-reactive ketones (excluding diaryl/α,β-unsaturated/α-hetero) is 1. The van der Waals surface area contributed by atoms with Crippen molar-refractivity contribution in [1.82, 2.24) is 4.90 Å². The molecular weight excluding hydrogens is 365 g/mol. The number of rotatable bonds is 3. The van der Waals surface area contributed by atoms with E-state index < -0.39 is 12.1 Å². The van der Waals surface area contributed by atoms with Crippen molar-refractivity contribution in [2.24, 2.45) is 0 Å². The molecule has 0 bridgehead atoms. The zero-order valence-corrected chi connectivity index (χ0v) is 16.2. The van der Waals surface area contributed by atoms with Gasteiger partial charge < -0.3 is 14.4 Å². The molecule has 0 amide bonds. The second kappa shape index (κ2) is 7.50. The molecule has 0 radical (unpaired) electrons. The van der Waals surface area contributed by atoms with Gasteiger partial charge in [-0.05, 0) is 38.5 Å². The zero-order chi connectivity index (χ0) is 18.9. The largest absolute Gasteiger partial charge is 0.513 e. The lowest BCUT2D eigenvalue weighted by Gasteiger charge is -2.35. The van der Waals surface area contributed by atoms with Crippen molar-refractivity contribution in [3.05, 3.63) is 56.5 Å². The van der Waals surface area contributed by atoms with Gasteiger partial charge in [0.25, 0.3) is 0 Å². The molecule has 1 aromatic carbocycles. The number of ether oxygens (including phenoxy) is 2. The van der Waals surface area contributed by atoms with Gasteiger partial charge in [-0.3, -0.25) is 4.79 Å². The van der Waals surface area contributed by atoms with E-state index in [4.69, 9.17) is 27.9 Å². The van der Waals surface area contributed by atoms with E-state index in [9.17, 15) is 9.59 Å². The fourth-order valence-corrected chi connectivity index (χ4v) is 3.19. The lowest BCUT2D eigenvalue weighted by Crippen LogP contribution is -2.30. The third-order valence-corrected chi connectivity index (χ3v) is 5.06. The number of benzene rings is 1. The van der Waals surface area contributed by atoms with Crippen LogP contribution in [0.2, 0.25) is 10.0 Å².